The first-order valence-electron chi connectivity index (χ1n) is 6.62. The van der Waals surface area contributed by atoms with Crippen molar-refractivity contribution in [2.75, 3.05) is 7.11 Å². The maximum Gasteiger partial charge on any atom is 0.170 e. The molecule has 0 aliphatic heterocycles. The second-order valence-corrected chi connectivity index (χ2v) is 4.88. The van der Waals surface area contributed by atoms with Gasteiger partial charge in [0.15, 0.2) is 11.6 Å². The molecule has 0 heterocycles. The predicted octanol–water partition coefficient (Wildman–Crippen LogP) is 2.38. The molecule has 0 radical (unpaired) electrons. The zero-order valence-electron chi connectivity index (χ0n) is 11.4. The largest absolute Gasteiger partial charge is 0.304 e. The topological polar surface area (TPSA) is 55.4 Å². The molecule has 1 aliphatic carbocycles. The lowest BCUT2D eigenvalue weighted by Gasteiger charge is -2.37. The molecular formula is C15H19NO3. The molecule has 0 fully saturated rings. The molecule has 1 aromatic carbocycles. The Hall–Kier alpha value is -1.52. The van der Waals surface area contributed by atoms with Crippen molar-refractivity contribution in [3.05, 3.63) is 35.4 Å². The van der Waals surface area contributed by atoms with Gasteiger partial charge >= 0.3 is 0 Å². The summed E-state index contributed by atoms with van der Waals surface area (Å²) < 4.78 is 0. The number of nitrogens with one attached hydrogen (secondary N) is 1. The van der Waals surface area contributed by atoms with Crippen LogP contribution in [0.4, 0.5) is 0 Å². The monoisotopic (exact) mass is 261 g/mol. The van der Waals surface area contributed by atoms with E-state index in [9.17, 15) is 9.59 Å². The average Bonchev–Trinajstić information content (AvgIpc) is 2.42. The number of hydrogen-bond donors (Lipinski definition) is 1. The van der Waals surface area contributed by atoms with Gasteiger partial charge in [0.2, 0.25) is 0 Å². The molecule has 1 unspecified atom stereocenters. The van der Waals surface area contributed by atoms with E-state index in [1.54, 1.807) is 6.07 Å². The van der Waals surface area contributed by atoms with Gasteiger partial charge in [-0.05, 0) is 12.0 Å². The fourth-order valence-corrected chi connectivity index (χ4v) is 2.69. The van der Waals surface area contributed by atoms with Crippen molar-refractivity contribution in [2.24, 2.45) is 0 Å². The molecule has 0 amide bonds. The van der Waals surface area contributed by atoms with Crippen LogP contribution in [0.2, 0.25) is 0 Å². The van der Waals surface area contributed by atoms with Crippen molar-refractivity contribution in [1.29, 1.82) is 0 Å². The molecule has 0 saturated heterocycles. The molecule has 2 rings (SSSR count). The van der Waals surface area contributed by atoms with Gasteiger partial charge in [-0.15, -0.1) is 0 Å². The smallest absolute Gasteiger partial charge is 0.170 e. The Morgan fingerprint density at radius 3 is 2.74 bits per heavy atom. The van der Waals surface area contributed by atoms with E-state index in [0.29, 0.717) is 12.0 Å². The van der Waals surface area contributed by atoms with Crippen molar-refractivity contribution in [3.8, 4) is 0 Å². The summed E-state index contributed by atoms with van der Waals surface area (Å²) in [5.41, 5.74) is 3.35. The van der Waals surface area contributed by atoms with Gasteiger partial charge in [0.1, 0.15) is 5.54 Å². The summed E-state index contributed by atoms with van der Waals surface area (Å²) in [6.07, 6.45) is 2.46. The van der Waals surface area contributed by atoms with Crippen molar-refractivity contribution in [1.82, 2.24) is 5.48 Å². The lowest BCUT2D eigenvalue weighted by molar-refractivity contribution is -0.132. The van der Waals surface area contributed by atoms with Crippen LogP contribution in [0.5, 0.6) is 0 Å². The molecule has 1 atom stereocenters. The molecule has 0 bridgehead atoms. The molecule has 4 heteroatoms. The van der Waals surface area contributed by atoms with Crippen LogP contribution >= 0.6 is 0 Å². The van der Waals surface area contributed by atoms with E-state index >= 15 is 0 Å². The number of rotatable bonds is 5. The second kappa shape index (κ2) is 5.63. The molecule has 4 nitrogen and oxygen atoms in total. The van der Waals surface area contributed by atoms with Gasteiger partial charge in [-0.2, -0.15) is 5.48 Å². The van der Waals surface area contributed by atoms with Gasteiger partial charge in [-0.25, -0.2) is 0 Å². The zero-order valence-corrected chi connectivity index (χ0v) is 11.4. The van der Waals surface area contributed by atoms with Crippen LogP contribution in [0.1, 0.15) is 48.5 Å². The highest BCUT2D eigenvalue weighted by Gasteiger charge is 2.46. The third-order valence-electron chi connectivity index (χ3n) is 3.67. The van der Waals surface area contributed by atoms with E-state index in [0.717, 1.165) is 18.4 Å². The minimum Gasteiger partial charge on any atom is -0.304 e. The Kier molecular flexibility index (Phi) is 4.12. The second-order valence-electron chi connectivity index (χ2n) is 4.88. The number of unbranched alkanes of at least 4 members (excludes halogenated alkanes) is 1. The number of carbonyl (C=O) groups excluding carboxylic acids is 2. The molecule has 0 saturated carbocycles. The van der Waals surface area contributed by atoms with Crippen molar-refractivity contribution < 1.29 is 14.4 Å². The van der Waals surface area contributed by atoms with E-state index in [2.05, 4.69) is 12.4 Å². The molecule has 0 aromatic heterocycles. The normalized spacial score (nSPS) is 22.4. The average molecular weight is 261 g/mol. The highest BCUT2D eigenvalue weighted by Crippen LogP contribution is 2.36. The SMILES string of the molecule is CCCCC1(NOC)C(=O)CC(=O)c2ccccc21. The van der Waals surface area contributed by atoms with Crippen molar-refractivity contribution in [2.45, 2.75) is 38.1 Å². The van der Waals surface area contributed by atoms with Crippen LogP contribution in [0.3, 0.4) is 0 Å². The van der Waals surface area contributed by atoms with Crippen molar-refractivity contribution in [3.63, 3.8) is 0 Å². The van der Waals surface area contributed by atoms with Gasteiger partial charge in [0.05, 0.1) is 13.5 Å². The molecule has 1 aliphatic rings. The summed E-state index contributed by atoms with van der Waals surface area (Å²) in [7, 11) is 1.50. The summed E-state index contributed by atoms with van der Waals surface area (Å²) >= 11 is 0. The standard InChI is InChI=1S/C15H19NO3/c1-3-4-9-15(16-19-2)12-8-6-5-7-11(12)13(17)10-14(15)18/h5-8,16H,3-4,9-10H2,1-2H3. The summed E-state index contributed by atoms with van der Waals surface area (Å²) in [5, 5.41) is 0. The van der Waals surface area contributed by atoms with Gasteiger partial charge in [-0.1, -0.05) is 44.0 Å². The third kappa shape index (κ3) is 2.33. The molecule has 102 valence electrons. The first-order valence-corrected chi connectivity index (χ1v) is 6.62. The highest BCUT2D eigenvalue weighted by atomic mass is 16.6. The number of ketones is 2. The van der Waals surface area contributed by atoms with Gasteiger partial charge < -0.3 is 4.84 Å². The third-order valence-corrected chi connectivity index (χ3v) is 3.67. The lowest BCUT2D eigenvalue weighted by atomic mass is 9.73. The van der Waals surface area contributed by atoms with E-state index in [1.807, 2.05) is 18.2 Å². The first kappa shape index (κ1) is 13.9. The van der Waals surface area contributed by atoms with E-state index < -0.39 is 5.54 Å². The summed E-state index contributed by atoms with van der Waals surface area (Å²) in [6.45, 7) is 2.07. The van der Waals surface area contributed by atoms with Crippen LogP contribution in [-0.4, -0.2) is 18.7 Å². The van der Waals surface area contributed by atoms with Crippen LogP contribution in [0, 0.1) is 0 Å². The quantitative estimate of drug-likeness (QED) is 0.653. The van der Waals surface area contributed by atoms with Crippen molar-refractivity contribution >= 4 is 11.6 Å². The van der Waals surface area contributed by atoms with E-state index in [1.165, 1.54) is 7.11 Å². The molecular weight excluding hydrogens is 242 g/mol. The van der Waals surface area contributed by atoms with Gasteiger partial charge in [0.25, 0.3) is 0 Å². The number of hydroxylamine groups is 1. The van der Waals surface area contributed by atoms with Gasteiger partial charge in [-0.3, -0.25) is 9.59 Å². The Bertz CT molecular complexity index is 498. The molecule has 1 N–H and O–H groups in total. The Balaban J connectivity index is 2.53. The lowest BCUT2D eigenvalue weighted by Crippen LogP contribution is -2.52. The minimum absolute atomic E-state index is 0.0584. The maximum absolute atomic E-state index is 12.4. The Morgan fingerprint density at radius 2 is 2.05 bits per heavy atom. The number of benzene rings is 1. The molecule has 1 aromatic rings. The highest BCUT2D eigenvalue weighted by molar-refractivity contribution is 6.15. The summed E-state index contributed by atoms with van der Waals surface area (Å²) in [5.74, 6) is -0.211. The number of hydrogen-bond acceptors (Lipinski definition) is 4. The van der Waals surface area contributed by atoms with Crippen LogP contribution < -0.4 is 5.48 Å². The predicted molar refractivity (Wildman–Crippen MR) is 71.7 cm³/mol. The summed E-state index contributed by atoms with van der Waals surface area (Å²) in [4.78, 5) is 29.5. The molecule has 0 spiro atoms. The first-order chi connectivity index (χ1) is 9.15. The van der Waals surface area contributed by atoms with Gasteiger partial charge in [0, 0.05) is 5.56 Å². The Morgan fingerprint density at radius 1 is 1.32 bits per heavy atom. The number of fused-ring (bicyclic) bond motifs is 1. The van der Waals surface area contributed by atoms with Crippen LogP contribution in [-0.2, 0) is 15.2 Å². The van der Waals surface area contributed by atoms with E-state index in [-0.39, 0.29) is 18.0 Å². The Labute approximate surface area is 113 Å². The zero-order chi connectivity index (χ0) is 13.9. The van der Waals surface area contributed by atoms with Crippen LogP contribution in [0.25, 0.3) is 0 Å². The van der Waals surface area contributed by atoms with Crippen LogP contribution in [0.15, 0.2) is 24.3 Å². The summed E-state index contributed by atoms with van der Waals surface area (Å²) in [6, 6.07) is 7.29. The fraction of sp³-hybridized carbons (Fsp3) is 0.467. The number of carbonyl (C=O) groups is 2. The fourth-order valence-electron chi connectivity index (χ4n) is 2.69. The minimum atomic E-state index is -0.880. The maximum atomic E-state index is 12.4. The number of Topliss-reactive ketones (excluding diaryl/α,β-unsaturated/α-hetero) is 2. The van der Waals surface area contributed by atoms with E-state index in [4.69, 9.17) is 4.84 Å². The molecule has 19 heavy (non-hydrogen) atoms.